The Morgan fingerprint density at radius 1 is 1.04 bits per heavy atom. The summed E-state index contributed by atoms with van der Waals surface area (Å²) in [4.78, 5) is 37.7. The first kappa shape index (κ1) is 14.0. The third-order valence-electron chi connectivity index (χ3n) is 6.30. The maximum absolute atomic E-state index is 12.7. The maximum atomic E-state index is 12.7. The third kappa shape index (κ3) is 1.67. The summed E-state index contributed by atoms with van der Waals surface area (Å²) in [6, 6.07) is 9.30. The molecule has 5 rings (SSSR count). The van der Waals surface area contributed by atoms with Crippen LogP contribution in [-0.2, 0) is 20.8 Å². The Morgan fingerprint density at radius 2 is 1.62 bits per heavy atom. The molecule has 2 bridgehead atoms. The molecule has 0 aromatic heterocycles. The van der Waals surface area contributed by atoms with Crippen LogP contribution >= 0.6 is 0 Å². The number of nitrogens with zero attached hydrogens (tertiary/aromatic N) is 1. The minimum absolute atomic E-state index is 0.155. The highest BCUT2D eigenvalue weighted by atomic mass is 16.2. The zero-order valence-electron chi connectivity index (χ0n) is 13.1. The summed E-state index contributed by atoms with van der Waals surface area (Å²) < 4.78 is 0. The summed E-state index contributed by atoms with van der Waals surface area (Å²) in [6.45, 7) is 0. The average molecular weight is 322 g/mol. The number of hydrogen-bond acceptors (Lipinski definition) is 3. The van der Waals surface area contributed by atoms with Crippen LogP contribution in [0.3, 0.4) is 0 Å². The molecule has 2 saturated carbocycles. The third-order valence-corrected chi connectivity index (χ3v) is 6.30. The van der Waals surface area contributed by atoms with Gasteiger partial charge in [0.15, 0.2) is 0 Å². The summed E-state index contributed by atoms with van der Waals surface area (Å²) in [7, 11) is 0. The molecule has 1 aromatic rings. The molecule has 1 heterocycles. The van der Waals surface area contributed by atoms with Crippen LogP contribution in [0, 0.1) is 29.1 Å². The highest BCUT2D eigenvalue weighted by molar-refractivity contribution is 6.07. The number of imide groups is 1. The average Bonchev–Trinajstić information content (AvgIpc) is 3.19. The predicted octanol–water partition coefficient (Wildman–Crippen LogP) is 1.46. The first-order valence-corrected chi connectivity index (χ1v) is 8.51. The molecule has 1 aromatic carbocycles. The van der Waals surface area contributed by atoms with Crippen LogP contribution in [0.5, 0.6) is 0 Å². The normalized spacial score (nSPS) is 34.1. The van der Waals surface area contributed by atoms with Crippen molar-refractivity contribution in [2.45, 2.75) is 19.3 Å². The van der Waals surface area contributed by atoms with Crippen molar-refractivity contribution < 1.29 is 14.4 Å². The van der Waals surface area contributed by atoms with Gasteiger partial charge >= 0.3 is 0 Å². The van der Waals surface area contributed by atoms with E-state index in [-0.39, 0.29) is 53.2 Å². The van der Waals surface area contributed by atoms with Gasteiger partial charge in [-0.2, -0.15) is 5.01 Å². The van der Waals surface area contributed by atoms with Crippen LogP contribution in [0.2, 0.25) is 0 Å². The van der Waals surface area contributed by atoms with Crippen molar-refractivity contribution in [3.63, 3.8) is 0 Å². The molecule has 0 unspecified atom stereocenters. The second-order valence-electron chi connectivity index (χ2n) is 7.43. The predicted molar refractivity (Wildman–Crippen MR) is 84.9 cm³/mol. The van der Waals surface area contributed by atoms with Crippen molar-refractivity contribution in [1.29, 1.82) is 0 Å². The van der Waals surface area contributed by atoms with E-state index in [0.29, 0.717) is 0 Å². The Kier molecular flexibility index (Phi) is 2.65. The highest BCUT2D eigenvalue weighted by Gasteiger charge is 2.73. The Balaban J connectivity index is 1.33. The standard InChI is InChI=1S/C19H18N2O3/c22-14(10-11-4-2-1-3-5-11)20-21-17(23)15-12-6-7-13(16(15)18(21)24)19(12)8-9-19/h1-7,12-13,15-16H,8-10H2,(H,20,22)/t12-,13+,15-,16+. The second-order valence-corrected chi connectivity index (χ2v) is 7.43. The number of allylic oxidation sites excluding steroid dienone is 2. The fourth-order valence-corrected chi connectivity index (χ4v) is 5.13. The van der Waals surface area contributed by atoms with Gasteiger partial charge in [-0.15, -0.1) is 0 Å². The van der Waals surface area contributed by atoms with Crippen LogP contribution in [0.25, 0.3) is 0 Å². The number of hydrazine groups is 1. The Hall–Kier alpha value is -2.43. The lowest BCUT2D eigenvalue weighted by Gasteiger charge is -2.22. The zero-order chi connectivity index (χ0) is 16.5. The Morgan fingerprint density at radius 3 is 2.17 bits per heavy atom. The van der Waals surface area contributed by atoms with Gasteiger partial charge in [0.05, 0.1) is 18.3 Å². The first-order valence-electron chi connectivity index (χ1n) is 8.51. The van der Waals surface area contributed by atoms with Crippen molar-refractivity contribution >= 4 is 17.7 Å². The number of hydrogen-bond donors (Lipinski definition) is 1. The fourth-order valence-electron chi connectivity index (χ4n) is 5.13. The van der Waals surface area contributed by atoms with E-state index in [9.17, 15) is 14.4 Å². The van der Waals surface area contributed by atoms with Crippen molar-refractivity contribution in [2.75, 3.05) is 0 Å². The SMILES string of the molecule is O=C(Cc1ccccc1)NN1C(=O)[C@@H]2[C@H](C1=O)[C@H]1C=C[C@@H]2C12CC2. The number of benzene rings is 1. The smallest absolute Gasteiger partial charge is 0.252 e. The lowest BCUT2D eigenvalue weighted by molar-refractivity contribution is -0.150. The maximum Gasteiger partial charge on any atom is 0.252 e. The second kappa shape index (κ2) is 4.56. The van der Waals surface area contributed by atoms with E-state index >= 15 is 0 Å². The highest BCUT2D eigenvalue weighted by Crippen LogP contribution is 2.73. The molecule has 3 aliphatic carbocycles. The molecule has 5 nitrogen and oxygen atoms in total. The van der Waals surface area contributed by atoms with Gasteiger partial charge in [0.1, 0.15) is 0 Å². The Labute approximate surface area is 139 Å². The van der Waals surface area contributed by atoms with Gasteiger partial charge in [0, 0.05) is 0 Å². The van der Waals surface area contributed by atoms with Crippen LogP contribution in [-0.4, -0.2) is 22.7 Å². The lowest BCUT2D eigenvalue weighted by Crippen LogP contribution is -2.48. The monoisotopic (exact) mass is 322 g/mol. The van der Waals surface area contributed by atoms with Crippen LogP contribution in [0.15, 0.2) is 42.5 Å². The van der Waals surface area contributed by atoms with Gasteiger partial charge in [-0.1, -0.05) is 42.5 Å². The molecule has 122 valence electrons. The molecule has 24 heavy (non-hydrogen) atoms. The van der Waals surface area contributed by atoms with Gasteiger partial charge in [0.2, 0.25) is 5.91 Å². The van der Waals surface area contributed by atoms with Crippen LogP contribution in [0.4, 0.5) is 0 Å². The quantitative estimate of drug-likeness (QED) is 0.677. The van der Waals surface area contributed by atoms with Gasteiger partial charge in [0.25, 0.3) is 11.8 Å². The number of rotatable bonds is 3. The number of amides is 3. The molecule has 4 aliphatic rings. The zero-order valence-corrected chi connectivity index (χ0v) is 13.1. The van der Waals surface area contributed by atoms with Crippen LogP contribution < -0.4 is 5.43 Å². The van der Waals surface area contributed by atoms with E-state index in [1.54, 1.807) is 0 Å². The molecule has 1 spiro atoms. The largest absolute Gasteiger partial charge is 0.273 e. The molecule has 4 atom stereocenters. The molecule has 0 radical (unpaired) electrons. The molecule has 1 aliphatic heterocycles. The van der Waals surface area contributed by atoms with Gasteiger partial charge < -0.3 is 0 Å². The fraction of sp³-hybridized carbons (Fsp3) is 0.421. The number of carbonyl (C=O) groups is 3. The van der Waals surface area contributed by atoms with Crippen molar-refractivity contribution in [3.8, 4) is 0 Å². The number of fused-ring (bicyclic) bond motifs is 3. The molecule has 3 amide bonds. The minimum Gasteiger partial charge on any atom is -0.273 e. The topological polar surface area (TPSA) is 66.5 Å². The molecule has 1 N–H and O–H groups in total. The summed E-state index contributed by atoms with van der Waals surface area (Å²) in [5.41, 5.74) is 3.58. The summed E-state index contributed by atoms with van der Waals surface area (Å²) in [5, 5.41) is 0.989. The molecule has 3 fully saturated rings. The van der Waals surface area contributed by atoms with Crippen molar-refractivity contribution in [1.82, 2.24) is 10.4 Å². The van der Waals surface area contributed by atoms with Gasteiger partial charge in [-0.3, -0.25) is 19.8 Å². The first-order chi connectivity index (χ1) is 11.6. The van der Waals surface area contributed by atoms with E-state index in [1.807, 2.05) is 30.3 Å². The Bertz CT molecular complexity index is 747. The van der Waals surface area contributed by atoms with Crippen molar-refractivity contribution in [2.24, 2.45) is 29.1 Å². The van der Waals surface area contributed by atoms with E-state index < -0.39 is 0 Å². The molecular formula is C19H18N2O3. The number of carbonyl (C=O) groups excluding carboxylic acids is 3. The van der Waals surface area contributed by atoms with Gasteiger partial charge in [-0.05, 0) is 35.7 Å². The number of nitrogens with one attached hydrogen (secondary N) is 1. The molecular weight excluding hydrogens is 304 g/mol. The minimum atomic E-state index is -0.329. The van der Waals surface area contributed by atoms with E-state index in [2.05, 4.69) is 17.6 Å². The summed E-state index contributed by atoms with van der Waals surface area (Å²) in [6.07, 6.45) is 6.63. The van der Waals surface area contributed by atoms with E-state index in [4.69, 9.17) is 0 Å². The van der Waals surface area contributed by atoms with Crippen LogP contribution in [0.1, 0.15) is 18.4 Å². The summed E-state index contributed by atoms with van der Waals surface area (Å²) >= 11 is 0. The van der Waals surface area contributed by atoms with Gasteiger partial charge in [-0.25, -0.2) is 0 Å². The molecule has 5 heteroatoms. The van der Waals surface area contributed by atoms with E-state index in [1.165, 1.54) is 0 Å². The van der Waals surface area contributed by atoms with E-state index in [0.717, 1.165) is 23.4 Å². The molecule has 1 saturated heterocycles. The lowest BCUT2D eigenvalue weighted by atomic mass is 9.85. The van der Waals surface area contributed by atoms with Crippen molar-refractivity contribution in [3.05, 3.63) is 48.0 Å². The summed E-state index contributed by atoms with van der Waals surface area (Å²) in [5.74, 6) is -0.965.